The molecule has 5 rings (SSSR count). The Morgan fingerprint density at radius 3 is 2.72 bits per heavy atom. The molecule has 2 aromatic heterocycles. The number of hydrogen-bond donors (Lipinski definition) is 1. The van der Waals surface area contributed by atoms with Gasteiger partial charge in [-0.25, -0.2) is 0 Å². The number of methoxy groups -OCH3 is 1. The van der Waals surface area contributed by atoms with Crippen molar-refractivity contribution in [2.75, 3.05) is 33.4 Å². The molecule has 9 nitrogen and oxygen atoms in total. The summed E-state index contributed by atoms with van der Waals surface area (Å²) in [5.74, 6) is 0.556. The van der Waals surface area contributed by atoms with E-state index in [4.69, 9.17) is 25.0 Å². The quantitative estimate of drug-likeness (QED) is 0.312. The van der Waals surface area contributed by atoms with Crippen molar-refractivity contribution >= 4 is 16.8 Å². The standard InChI is InChI=1S/C29H30FN5O4/c1-3-26(36)34-14-5-6-20(18-34)35-29-22(16-32-17-25(29)38-15-13-31)28(33-35)19-9-11-21(12-10-19)39-24-8-4-7-23(37-2)27(24)30/h3-4,7-12,16-17,20H,1,5-6,13-15,18,31H2,2H3. The number of carbonyl (C=O) groups excluding carboxylic acids is 1. The van der Waals surface area contributed by atoms with Gasteiger partial charge in [0.1, 0.15) is 23.6 Å². The van der Waals surface area contributed by atoms with Gasteiger partial charge in [-0.2, -0.15) is 9.49 Å². The van der Waals surface area contributed by atoms with Gasteiger partial charge in [0.25, 0.3) is 0 Å². The van der Waals surface area contributed by atoms with Gasteiger partial charge >= 0.3 is 0 Å². The van der Waals surface area contributed by atoms with Gasteiger partial charge in [-0.1, -0.05) is 12.6 Å². The summed E-state index contributed by atoms with van der Waals surface area (Å²) in [6, 6.07) is 11.9. The molecule has 202 valence electrons. The lowest BCUT2D eigenvalue weighted by molar-refractivity contribution is -0.127. The number of benzene rings is 2. The first kappa shape index (κ1) is 26.2. The van der Waals surface area contributed by atoms with Gasteiger partial charge in [0.05, 0.1) is 24.7 Å². The Labute approximate surface area is 225 Å². The van der Waals surface area contributed by atoms with E-state index in [1.165, 1.54) is 19.3 Å². The van der Waals surface area contributed by atoms with Gasteiger partial charge in [-0.3, -0.25) is 14.5 Å². The Kier molecular flexibility index (Phi) is 7.74. The van der Waals surface area contributed by atoms with E-state index < -0.39 is 5.82 Å². The van der Waals surface area contributed by atoms with Crippen molar-refractivity contribution in [3.63, 3.8) is 0 Å². The zero-order valence-corrected chi connectivity index (χ0v) is 21.7. The minimum absolute atomic E-state index is 0.0554. The second kappa shape index (κ2) is 11.5. The summed E-state index contributed by atoms with van der Waals surface area (Å²) >= 11 is 0. The lowest BCUT2D eigenvalue weighted by atomic mass is 10.1. The minimum Gasteiger partial charge on any atom is -0.494 e. The zero-order valence-electron chi connectivity index (χ0n) is 21.7. The van der Waals surface area contributed by atoms with Crippen LogP contribution in [0.4, 0.5) is 4.39 Å². The molecule has 4 aromatic rings. The lowest BCUT2D eigenvalue weighted by Gasteiger charge is -2.32. The number of nitrogens with zero attached hydrogens (tertiary/aromatic N) is 4. The Hall–Kier alpha value is -4.44. The van der Waals surface area contributed by atoms with Crippen LogP contribution in [0.1, 0.15) is 18.9 Å². The molecule has 0 aliphatic carbocycles. The molecule has 2 aromatic carbocycles. The lowest BCUT2D eigenvalue weighted by Crippen LogP contribution is -2.40. The van der Waals surface area contributed by atoms with E-state index in [1.807, 2.05) is 16.8 Å². The number of aromatic nitrogens is 3. The van der Waals surface area contributed by atoms with E-state index in [-0.39, 0.29) is 23.4 Å². The van der Waals surface area contributed by atoms with Crippen LogP contribution in [0, 0.1) is 5.82 Å². The van der Waals surface area contributed by atoms with E-state index in [0.29, 0.717) is 43.4 Å². The maximum Gasteiger partial charge on any atom is 0.246 e. The van der Waals surface area contributed by atoms with Crippen molar-refractivity contribution in [2.24, 2.45) is 5.73 Å². The molecule has 2 N–H and O–H groups in total. The summed E-state index contributed by atoms with van der Waals surface area (Å²) in [6.45, 7) is 5.52. The van der Waals surface area contributed by atoms with Crippen LogP contribution in [0.2, 0.25) is 0 Å². The van der Waals surface area contributed by atoms with Crippen LogP contribution in [0.3, 0.4) is 0 Å². The normalized spacial score (nSPS) is 15.3. The van der Waals surface area contributed by atoms with Gasteiger partial charge in [-0.15, -0.1) is 0 Å². The SMILES string of the molecule is C=CC(=O)N1CCCC(n2nc(-c3ccc(Oc4cccc(OC)c4F)cc3)c3cncc(OCCN)c32)C1. The number of amides is 1. The molecule has 1 saturated heterocycles. The molecule has 1 aliphatic rings. The number of hydrogen-bond acceptors (Lipinski definition) is 7. The molecule has 1 amide bonds. The van der Waals surface area contributed by atoms with Crippen molar-refractivity contribution in [1.82, 2.24) is 19.7 Å². The highest BCUT2D eigenvalue weighted by molar-refractivity contribution is 5.96. The molecule has 1 atom stereocenters. The zero-order chi connectivity index (χ0) is 27.4. The Morgan fingerprint density at radius 1 is 1.18 bits per heavy atom. The molecular formula is C29H30FN5O4. The molecule has 0 spiro atoms. The van der Waals surface area contributed by atoms with Crippen LogP contribution < -0.4 is 19.9 Å². The van der Waals surface area contributed by atoms with Crippen LogP contribution in [0.15, 0.2) is 67.5 Å². The number of piperidine rings is 1. The fourth-order valence-electron chi connectivity index (χ4n) is 4.83. The average molecular weight is 532 g/mol. The molecule has 10 heteroatoms. The van der Waals surface area contributed by atoms with Crippen LogP contribution >= 0.6 is 0 Å². The van der Waals surface area contributed by atoms with E-state index in [2.05, 4.69) is 11.6 Å². The van der Waals surface area contributed by atoms with E-state index in [1.54, 1.807) is 41.6 Å². The van der Waals surface area contributed by atoms with Crippen LogP contribution in [-0.2, 0) is 4.79 Å². The second-order valence-corrected chi connectivity index (χ2v) is 9.15. The van der Waals surface area contributed by atoms with Crippen molar-refractivity contribution in [3.05, 3.63) is 73.3 Å². The average Bonchev–Trinajstić information content (AvgIpc) is 3.37. The number of carbonyl (C=O) groups is 1. The number of ether oxygens (including phenoxy) is 3. The summed E-state index contributed by atoms with van der Waals surface area (Å²) in [6.07, 6.45) is 6.46. The number of fused-ring (bicyclic) bond motifs is 1. The number of pyridine rings is 1. The molecule has 3 heterocycles. The van der Waals surface area contributed by atoms with Gasteiger partial charge in [-0.05, 0) is 55.3 Å². The van der Waals surface area contributed by atoms with Crippen molar-refractivity contribution < 1.29 is 23.4 Å². The molecular weight excluding hydrogens is 501 g/mol. The Balaban J connectivity index is 1.51. The highest BCUT2D eigenvalue weighted by Gasteiger charge is 2.28. The second-order valence-electron chi connectivity index (χ2n) is 9.15. The topological polar surface area (TPSA) is 105 Å². The van der Waals surface area contributed by atoms with Crippen LogP contribution in [0.25, 0.3) is 22.2 Å². The van der Waals surface area contributed by atoms with Crippen LogP contribution in [-0.4, -0.2) is 58.9 Å². The number of halogens is 1. The third kappa shape index (κ3) is 5.28. The fraction of sp³-hybridized carbons (Fsp3) is 0.276. The summed E-state index contributed by atoms with van der Waals surface area (Å²) in [5.41, 5.74) is 8.03. The first-order chi connectivity index (χ1) is 19.0. The molecule has 1 unspecified atom stereocenters. The molecule has 1 fully saturated rings. The predicted octanol–water partition coefficient (Wildman–Crippen LogP) is 4.73. The highest BCUT2D eigenvalue weighted by atomic mass is 19.1. The maximum absolute atomic E-state index is 14.6. The van der Waals surface area contributed by atoms with Crippen LogP contribution in [0.5, 0.6) is 23.0 Å². The number of rotatable bonds is 9. The number of nitrogens with two attached hydrogens (primary N) is 1. The number of likely N-dealkylation sites (tertiary alicyclic amines) is 1. The Morgan fingerprint density at radius 2 is 1.97 bits per heavy atom. The molecule has 0 saturated carbocycles. The largest absolute Gasteiger partial charge is 0.494 e. The molecule has 39 heavy (non-hydrogen) atoms. The summed E-state index contributed by atoms with van der Waals surface area (Å²) in [4.78, 5) is 18.5. The van der Waals surface area contributed by atoms with E-state index in [9.17, 15) is 9.18 Å². The summed E-state index contributed by atoms with van der Waals surface area (Å²) < 4.78 is 33.3. The Bertz CT molecular complexity index is 1490. The van der Waals surface area contributed by atoms with Gasteiger partial charge < -0.3 is 24.8 Å². The van der Waals surface area contributed by atoms with Gasteiger partial charge in [0, 0.05) is 31.4 Å². The smallest absolute Gasteiger partial charge is 0.246 e. The predicted molar refractivity (Wildman–Crippen MR) is 146 cm³/mol. The minimum atomic E-state index is -0.568. The maximum atomic E-state index is 14.6. The summed E-state index contributed by atoms with van der Waals surface area (Å²) in [5, 5.41) is 5.82. The summed E-state index contributed by atoms with van der Waals surface area (Å²) in [7, 11) is 1.41. The van der Waals surface area contributed by atoms with E-state index in [0.717, 1.165) is 29.3 Å². The van der Waals surface area contributed by atoms with E-state index >= 15 is 0 Å². The third-order valence-corrected chi connectivity index (χ3v) is 6.68. The fourth-order valence-corrected chi connectivity index (χ4v) is 4.83. The first-order valence-corrected chi connectivity index (χ1v) is 12.7. The van der Waals surface area contributed by atoms with Crippen molar-refractivity contribution in [1.29, 1.82) is 0 Å². The van der Waals surface area contributed by atoms with Gasteiger partial charge in [0.15, 0.2) is 17.2 Å². The third-order valence-electron chi connectivity index (χ3n) is 6.68. The van der Waals surface area contributed by atoms with Crippen molar-refractivity contribution in [3.8, 4) is 34.3 Å². The molecule has 0 radical (unpaired) electrons. The van der Waals surface area contributed by atoms with Crippen molar-refractivity contribution in [2.45, 2.75) is 18.9 Å². The molecule has 1 aliphatic heterocycles. The van der Waals surface area contributed by atoms with Gasteiger partial charge in [0.2, 0.25) is 11.7 Å². The highest BCUT2D eigenvalue weighted by Crippen LogP contribution is 2.37. The first-order valence-electron chi connectivity index (χ1n) is 12.7. The molecule has 0 bridgehead atoms. The monoisotopic (exact) mass is 531 g/mol.